The number of rotatable bonds is 10. The molecule has 1 amide bonds. The summed E-state index contributed by atoms with van der Waals surface area (Å²) in [4.78, 5) is 33.2. The van der Waals surface area contributed by atoms with Crippen molar-refractivity contribution in [3.63, 3.8) is 0 Å². The van der Waals surface area contributed by atoms with Crippen molar-refractivity contribution in [2.45, 2.75) is 19.0 Å². The van der Waals surface area contributed by atoms with E-state index in [2.05, 4.69) is 34.9 Å². The Morgan fingerprint density at radius 3 is 2.27 bits per heavy atom. The number of alkyl halides is 2. The molecule has 15 heteroatoms. The molecule has 0 atom stereocenters. The molecule has 0 spiro atoms. The Kier molecular flexibility index (Phi) is 8.39. The van der Waals surface area contributed by atoms with Crippen LogP contribution in [0.5, 0.6) is 0 Å². The normalized spacial score (nSPS) is 15.8. The Morgan fingerprint density at radius 2 is 1.70 bits per heavy atom. The molecule has 2 saturated heterocycles. The third-order valence-corrected chi connectivity index (χ3v) is 7.70. The summed E-state index contributed by atoms with van der Waals surface area (Å²) in [5.74, 6) is -0.825. The number of amides is 1. The SMILES string of the molecule is CN(C)c1cc(-c2cnc(N3CCN(C4COC4)CC3)nc2)c(F)cc1N(C=O)Cc1ccc(-c2nnc(C(F)F)o2)cn1. The number of piperazine rings is 1. The van der Waals surface area contributed by atoms with Gasteiger partial charge in [-0.05, 0) is 18.2 Å². The minimum atomic E-state index is -2.88. The molecule has 12 nitrogen and oxygen atoms in total. The van der Waals surface area contributed by atoms with Crippen LogP contribution in [0, 0.1) is 5.82 Å². The van der Waals surface area contributed by atoms with Crippen LogP contribution < -0.4 is 14.7 Å². The molecule has 1 aromatic carbocycles. The number of anilines is 3. The van der Waals surface area contributed by atoms with Gasteiger partial charge in [-0.25, -0.2) is 14.4 Å². The van der Waals surface area contributed by atoms with E-state index in [1.54, 1.807) is 49.6 Å². The van der Waals surface area contributed by atoms with E-state index in [1.165, 1.54) is 17.2 Å². The molecular weight excluding hydrogens is 579 g/mol. The van der Waals surface area contributed by atoms with Crippen LogP contribution in [0.3, 0.4) is 0 Å². The highest BCUT2D eigenvalue weighted by atomic mass is 19.3. The van der Waals surface area contributed by atoms with E-state index < -0.39 is 18.1 Å². The molecule has 0 unspecified atom stereocenters. The van der Waals surface area contributed by atoms with Crippen molar-refractivity contribution in [3.8, 4) is 22.6 Å². The van der Waals surface area contributed by atoms with E-state index in [1.807, 2.05) is 0 Å². The van der Waals surface area contributed by atoms with Gasteiger partial charge < -0.3 is 23.9 Å². The molecule has 2 aliphatic heterocycles. The van der Waals surface area contributed by atoms with Crippen molar-refractivity contribution in [1.29, 1.82) is 0 Å². The second-order valence-electron chi connectivity index (χ2n) is 10.7. The fraction of sp³-hybridized carbons (Fsp3) is 0.379. The number of ether oxygens (including phenoxy) is 1. The smallest absolute Gasteiger partial charge is 0.314 e. The van der Waals surface area contributed by atoms with E-state index in [9.17, 15) is 13.6 Å². The van der Waals surface area contributed by atoms with Gasteiger partial charge in [-0.15, -0.1) is 10.2 Å². The molecule has 3 aromatic heterocycles. The Morgan fingerprint density at radius 1 is 0.977 bits per heavy atom. The lowest BCUT2D eigenvalue weighted by molar-refractivity contribution is -0.107. The summed E-state index contributed by atoms with van der Waals surface area (Å²) in [6, 6.07) is 6.62. The van der Waals surface area contributed by atoms with Gasteiger partial charge in [0.15, 0.2) is 0 Å². The fourth-order valence-corrected chi connectivity index (χ4v) is 5.14. The molecule has 6 rings (SSSR count). The van der Waals surface area contributed by atoms with E-state index in [-0.39, 0.29) is 12.4 Å². The van der Waals surface area contributed by atoms with Crippen LogP contribution in [0.1, 0.15) is 18.0 Å². The molecule has 2 fully saturated rings. The molecule has 0 aliphatic carbocycles. The van der Waals surface area contributed by atoms with E-state index in [0.717, 1.165) is 39.4 Å². The Balaban J connectivity index is 1.18. The fourth-order valence-electron chi connectivity index (χ4n) is 5.14. The molecule has 4 aromatic rings. The van der Waals surface area contributed by atoms with Crippen LogP contribution in [-0.2, 0) is 16.1 Å². The molecular formula is C29H30F3N9O3. The van der Waals surface area contributed by atoms with Crippen LogP contribution in [0.2, 0.25) is 0 Å². The predicted molar refractivity (Wildman–Crippen MR) is 155 cm³/mol. The van der Waals surface area contributed by atoms with Crippen LogP contribution in [-0.4, -0.2) is 96.0 Å². The van der Waals surface area contributed by atoms with Gasteiger partial charge in [0.2, 0.25) is 18.2 Å². The number of hydrogen-bond acceptors (Lipinski definition) is 11. The first-order chi connectivity index (χ1) is 21.3. The van der Waals surface area contributed by atoms with Gasteiger partial charge in [-0.2, -0.15) is 8.78 Å². The van der Waals surface area contributed by atoms with Crippen LogP contribution >= 0.6 is 0 Å². The van der Waals surface area contributed by atoms with Crippen LogP contribution in [0.25, 0.3) is 22.6 Å². The summed E-state index contributed by atoms with van der Waals surface area (Å²) in [5, 5.41) is 6.92. The minimum Gasteiger partial charge on any atom is -0.415 e. The van der Waals surface area contributed by atoms with Gasteiger partial charge in [-0.3, -0.25) is 14.7 Å². The number of hydrogen-bond donors (Lipinski definition) is 0. The largest absolute Gasteiger partial charge is 0.415 e. The number of pyridine rings is 1. The maximum absolute atomic E-state index is 15.6. The lowest BCUT2D eigenvalue weighted by atomic mass is 10.1. The molecule has 230 valence electrons. The number of aromatic nitrogens is 5. The average molecular weight is 610 g/mol. The maximum Gasteiger partial charge on any atom is 0.314 e. The van der Waals surface area contributed by atoms with Crippen molar-refractivity contribution >= 4 is 23.7 Å². The first kappa shape index (κ1) is 29.4. The Labute approximate surface area is 251 Å². The highest BCUT2D eigenvalue weighted by Gasteiger charge is 2.29. The van der Waals surface area contributed by atoms with Crippen molar-refractivity contribution in [2.24, 2.45) is 0 Å². The summed E-state index contributed by atoms with van der Waals surface area (Å²) >= 11 is 0. The van der Waals surface area contributed by atoms with E-state index in [4.69, 9.17) is 9.15 Å². The van der Waals surface area contributed by atoms with Gasteiger partial charge in [0, 0.05) is 76.1 Å². The van der Waals surface area contributed by atoms with Gasteiger partial charge >= 0.3 is 6.43 Å². The number of carbonyl (C=O) groups is 1. The topological polar surface area (TPSA) is 117 Å². The lowest BCUT2D eigenvalue weighted by Crippen LogP contribution is -2.56. The zero-order chi connectivity index (χ0) is 30.8. The second kappa shape index (κ2) is 12.5. The zero-order valence-corrected chi connectivity index (χ0v) is 24.1. The molecule has 0 bridgehead atoms. The van der Waals surface area contributed by atoms with Crippen molar-refractivity contribution in [3.05, 3.63) is 60.3 Å². The highest BCUT2D eigenvalue weighted by molar-refractivity contribution is 5.87. The standard InChI is InChI=1S/C29H30F3N9O3/c1-38(2)24-9-22(19-12-34-29(35-13-19)40-7-5-39(6-8-40)21-15-43-16-21)23(30)10-25(24)41(17-42)14-20-4-3-18(11-33-20)27-36-37-28(44-27)26(31)32/h3-4,9-13,17,21,26H,5-8,14-16H2,1-2H3. The van der Waals surface area contributed by atoms with E-state index >= 15 is 4.39 Å². The molecule has 0 N–H and O–H groups in total. The Hall–Kier alpha value is -4.63. The molecule has 0 saturated carbocycles. The maximum atomic E-state index is 15.6. The quantitative estimate of drug-likeness (QED) is 0.246. The molecule has 5 heterocycles. The van der Waals surface area contributed by atoms with E-state index in [0.29, 0.717) is 52.2 Å². The van der Waals surface area contributed by atoms with Gasteiger partial charge in [0.25, 0.3) is 5.89 Å². The van der Waals surface area contributed by atoms with Gasteiger partial charge in [0.05, 0.1) is 48.4 Å². The first-order valence-corrected chi connectivity index (χ1v) is 14.0. The van der Waals surface area contributed by atoms with Crippen LogP contribution in [0.4, 0.5) is 30.5 Å². The third-order valence-electron chi connectivity index (χ3n) is 7.70. The third kappa shape index (κ3) is 6.05. The highest BCUT2D eigenvalue weighted by Crippen LogP contribution is 2.36. The average Bonchev–Trinajstić information content (AvgIpc) is 3.51. The van der Waals surface area contributed by atoms with Crippen molar-refractivity contribution in [2.75, 3.05) is 68.2 Å². The lowest BCUT2D eigenvalue weighted by Gasteiger charge is -2.42. The second-order valence-corrected chi connectivity index (χ2v) is 10.7. The summed E-state index contributed by atoms with van der Waals surface area (Å²) in [5.41, 5.74) is 2.55. The monoisotopic (exact) mass is 609 g/mol. The van der Waals surface area contributed by atoms with Gasteiger partial charge in [-0.1, -0.05) is 0 Å². The molecule has 2 aliphatic rings. The summed E-state index contributed by atoms with van der Waals surface area (Å²) in [6.07, 6.45) is 2.32. The summed E-state index contributed by atoms with van der Waals surface area (Å²) < 4.78 is 51.4. The number of benzene rings is 1. The number of halogens is 3. The molecule has 0 radical (unpaired) electrons. The van der Waals surface area contributed by atoms with Crippen LogP contribution in [0.15, 0.2) is 47.3 Å². The summed E-state index contributed by atoms with van der Waals surface area (Å²) in [7, 11) is 3.59. The Bertz CT molecular complexity index is 1590. The predicted octanol–water partition coefficient (Wildman–Crippen LogP) is 3.42. The number of carbonyl (C=O) groups excluding carboxylic acids is 1. The van der Waals surface area contributed by atoms with Gasteiger partial charge in [0.1, 0.15) is 5.82 Å². The zero-order valence-electron chi connectivity index (χ0n) is 24.1. The first-order valence-electron chi connectivity index (χ1n) is 14.0. The summed E-state index contributed by atoms with van der Waals surface area (Å²) in [6.45, 7) is 5.03. The number of nitrogens with zero attached hydrogens (tertiary/aromatic N) is 9. The minimum absolute atomic E-state index is 0.0222. The van der Waals surface area contributed by atoms with Crippen molar-refractivity contribution in [1.82, 2.24) is 30.0 Å². The van der Waals surface area contributed by atoms with Crippen molar-refractivity contribution < 1.29 is 27.1 Å². The molecule has 44 heavy (non-hydrogen) atoms.